The van der Waals surface area contributed by atoms with Crippen molar-refractivity contribution < 1.29 is 39.0 Å². The van der Waals surface area contributed by atoms with Crippen LogP contribution in [0.25, 0.3) is 153 Å². The van der Waals surface area contributed by atoms with Crippen molar-refractivity contribution in [1.29, 1.82) is 0 Å². The summed E-state index contributed by atoms with van der Waals surface area (Å²) in [6.45, 7) is 0. The van der Waals surface area contributed by atoms with E-state index in [2.05, 4.69) is 186 Å². The molecule has 0 unspecified atom stereocenters. The summed E-state index contributed by atoms with van der Waals surface area (Å²) in [5, 5.41) is 16.9. The largest absolute Gasteiger partial charge is 0.354 e. The third-order valence-electron chi connectivity index (χ3n) is 17.0. The first-order valence-electron chi connectivity index (χ1n) is 30.6. The number of nitrogens with zero attached hydrogens (tertiary/aromatic N) is 14. The van der Waals surface area contributed by atoms with E-state index in [1.165, 1.54) is 11.1 Å². The maximum atomic E-state index is 5.15. The molecule has 13 aromatic heterocycles. The van der Waals surface area contributed by atoms with E-state index >= 15 is 0 Å². The Kier molecular flexibility index (Phi) is 16.5. The van der Waals surface area contributed by atoms with Crippen molar-refractivity contribution in [3.8, 4) is 0 Å². The van der Waals surface area contributed by atoms with Crippen LogP contribution in [0.3, 0.4) is 0 Å². The fourth-order valence-electron chi connectivity index (χ4n) is 12.7. The van der Waals surface area contributed by atoms with E-state index in [1.807, 2.05) is 97.3 Å². The van der Waals surface area contributed by atoms with E-state index in [0.717, 1.165) is 171 Å². The molecule has 0 atom stereocenters. The zero-order valence-corrected chi connectivity index (χ0v) is 54.2. The van der Waals surface area contributed by atoms with E-state index in [1.54, 1.807) is 62.0 Å². The molecule has 0 aliphatic carbocycles. The minimum absolute atomic E-state index is 0. The van der Waals surface area contributed by atoms with Crippen molar-refractivity contribution in [3.63, 3.8) is 0 Å². The third kappa shape index (κ3) is 11.1. The summed E-state index contributed by atoms with van der Waals surface area (Å²) in [5.41, 5.74) is 19.2. The molecule has 20 aromatic rings. The van der Waals surface area contributed by atoms with Gasteiger partial charge in [-0.05, 0) is 114 Å². The van der Waals surface area contributed by atoms with Gasteiger partial charge in [-0.2, -0.15) is 0 Å². The van der Waals surface area contributed by atoms with Crippen LogP contribution in [-0.2, 0) is 45.4 Å². The molecule has 0 amide bonds. The number of benzene rings is 7. The first-order valence-corrected chi connectivity index (χ1v) is 30.6. The Labute approximate surface area is 572 Å². The van der Waals surface area contributed by atoms with Gasteiger partial charge in [0.2, 0.25) is 0 Å². The SMILES string of the molecule is [Ru].[Ru].c1cnc2c(c1)c1c(c3cccnc32)Nc2cc3nc4c5cccnc5c5ncccc5c4nc3cc2C1.c1cnc2c(c1)ccc1cccnc12.c1cnc2c(c1)ccc1cccnc12.c1cnc2c(c1)ccc1cccnc12.c1cnc2c(c1)ccc1cccnc12. The van der Waals surface area contributed by atoms with Gasteiger partial charge in [0.15, 0.2) is 0 Å². The summed E-state index contributed by atoms with van der Waals surface area (Å²) in [6, 6.07) is 69.0. The summed E-state index contributed by atoms with van der Waals surface area (Å²) in [4.78, 5) is 63.7. The Balaban J connectivity index is 0.000000108. The summed E-state index contributed by atoms with van der Waals surface area (Å²) in [7, 11) is 0. The van der Waals surface area contributed by atoms with Crippen molar-refractivity contribution in [2.24, 2.45) is 0 Å². The third-order valence-corrected chi connectivity index (χ3v) is 17.0. The Bertz CT molecular complexity index is 5560. The predicted molar refractivity (Wildman–Crippen MR) is 379 cm³/mol. The zero-order valence-electron chi connectivity index (χ0n) is 50.7. The van der Waals surface area contributed by atoms with Gasteiger partial charge in [-0.25, -0.2) is 9.97 Å². The number of aromatic nitrogens is 14. The van der Waals surface area contributed by atoms with Crippen molar-refractivity contribution >= 4 is 164 Å². The fourth-order valence-corrected chi connectivity index (χ4v) is 12.7. The van der Waals surface area contributed by atoms with E-state index in [4.69, 9.17) is 9.97 Å². The van der Waals surface area contributed by atoms with Crippen molar-refractivity contribution in [2.75, 3.05) is 5.32 Å². The molecule has 0 radical (unpaired) electrons. The summed E-state index contributed by atoms with van der Waals surface area (Å²) in [5.74, 6) is 0. The van der Waals surface area contributed by atoms with Gasteiger partial charge in [-0.15, -0.1) is 0 Å². The molecule has 1 aliphatic rings. The van der Waals surface area contributed by atoms with Gasteiger partial charge in [0, 0.05) is 190 Å². The molecule has 1 N–H and O–H groups in total. The van der Waals surface area contributed by atoms with E-state index in [-0.39, 0.29) is 39.0 Å². The Hall–Kier alpha value is -11.9. The Morgan fingerprint density at radius 1 is 0.229 bits per heavy atom. The molecule has 7 aromatic carbocycles. The first kappa shape index (κ1) is 60.4. The van der Waals surface area contributed by atoms with Crippen molar-refractivity contribution in [2.45, 2.75) is 6.42 Å². The Morgan fingerprint density at radius 2 is 0.469 bits per heavy atom. The number of fused-ring (bicyclic) bond motifs is 26. The molecule has 0 spiro atoms. The van der Waals surface area contributed by atoms with Crippen LogP contribution in [-0.4, -0.2) is 69.8 Å². The van der Waals surface area contributed by atoms with Crippen LogP contribution in [0.5, 0.6) is 0 Å². The average Bonchev–Trinajstić information content (AvgIpc) is 0.730. The molecule has 21 rings (SSSR count). The molecule has 96 heavy (non-hydrogen) atoms. The van der Waals surface area contributed by atoms with Crippen LogP contribution in [0.4, 0.5) is 11.4 Å². The second kappa shape index (κ2) is 26.2. The topological polar surface area (TPSA) is 192 Å². The van der Waals surface area contributed by atoms with E-state index in [9.17, 15) is 0 Å². The molecular formula is C79H49N15Ru2. The molecule has 1 aliphatic heterocycles. The van der Waals surface area contributed by atoms with Crippen LogP contribution in [0, 0.1) is 0 Å². The maximum Gasteiger partial charge on any atom is 0.0996 e. The van der Waals surface area contributed by atoms with E-state index in [0.29, 0.717) is 0 Å². The smallest absolute Gasteiger partial charge is 0.0996 e. The second-order valence-electron chi connectivity index (χ2n) is 22.5. The van der Waals surface area contributed by atoms with E-state index < -0.39 is 0 Å². The Morgan fingerprint density at radius 3 is 0.781 bits per heavy atom. The molecule has 14 heterocycles. The maximum absolute atomic E-state index is 5.15. The monoisotopic (exact) mass is 1410 g/mol. The van der Waals surface area contributed by atoms with Gasteiger partial charge in [0.05, 0.1) is 94.0 Å². The molecule has 0 fully saturated rings. The number of anilines is 2. The van der Waals surface area contributed by atoms with Gasteiger partial charge in [-0.3, -0.25) is 59.8 Å². The van der Waals surface area contributed by atoms with Gasteiger partial charge in [-0.1, -0.05) is 103 Å². The van der Waals surface area contributed by atoms with Crippen LogP contribution >= 0.6 is 0 Å². The van der Waals surface area contributed by atoms with Crippen molar-refractivity contribution in [1.82, 2.24) is 69.8 Å². The van der Waals surface area contributed by atoms with Crippen LogP contribution in [0.1, 0.15) is 11.1 Å². The fraction of sp³-hybridized carbons (Fsp3) is 0.0127. The molecular weight excluding hydrogens is 1360 g/mol. The van der Waals surface area contributed by atoms with Gasteiger partial charge < -0.3 is 5.32 Å². The standard InChI is InChI=1S/C31H17N7.4C12H8N2.2Ru/c1-5-17-21-13-16-14-23-24(15-22(16)36-25(21)18-6-2-10-33-27(18)26(17)32-9-1)38-31-20-8-4-12-35-29(20)28-19(30(31)37-23)7-3-11-34-28;4*1-3-9-5-6-10-4-2-8-14-12(10)11(9)13-7-1;;/h1-12,14-15,36H,13H2;4*1-8H;;. The number of hydrogen-bond acceptors (Lipinski definition) is 15. The first-order chi connectivity index (χ1) is 46.6. The van der Waals surface area contributed by atoms with Gasteiger partial charge in [0.25, 0.3) is 0 Å². The molecule has 456 valence electrons. The molecule has 0 saturated carbocycles. The number of pyridine rings is 12. The minimum Gasteiger partial charge on any atom is -0.354 e. The van der Waals surface area contributed by atoms with Gasteiger partial charge >= 0.3 is 0 Å². The second-order valence-corrected chi connectivity index (χ2v) is 22.5. The molecule has 0 bridgehead atoms. The van der Waals surface area contributed by atoms with Crippen LogP contribution in [0.15, 0.2) is 281 Å². The normalized spacial score (nSPS) is 11.4. The van der Waals surface area contributed by atoms with Crippen molar-refractivity contribution in [3.05, 3.63) is 292 Å². The predicted octanol–water partition coefficient (Wildman–Crippen LogP) is 17.8. The summed E-state index contributed by atoms with van der Waals surface area (Å²) >= 11 is 0. The van der Waals surface area contributed by atoms with Crippen LogP contribution in [0.2, 0.25) is 0 Å². The summed E-state index contributed by atoms with van der Waals surface area (Å²) < 4.78 is 0. The molecule has 15 nitrogen and oxygen atoms in total. The van der Waals surface area contributed by atoms with Crippen LogP contribution < -0.4 is 5.32 Å². The summed E-state index contributed by atoms with van der Waals surface area (Å²) in [6.07, 6.45) is 22.4. The number of hydrogen-bond donors (Lipinski definition) is 1. The molecule has 0 saturated heterocycles. The quantitative estimate of drug-likeness (QED) is 0.0856. The minimum atomic E-state index is 0. The number of rotatable bonds is 0. The zero-order chi connectivity index (χ0) is 62.3. The average molecular weight is 1410 g/mol. The molecule has 17 heteroatoms. The van der Waals surface area contributed by atoms with Gasteiger partial charge in [0.1, 0.15) is 0 Å². The number of nitrogens with one attached hydrogen (secondary N) is 1.